The minimum atomic E-state index is -1.24. The normalized spacial score (nSPS) is 11.0. The summed E-state index contributed by atoms with van der Waals surface area (Å²) >= 11 is 0. The van der Waals surface area contributed by atoms with E-state index < -0.39 is 10.9 Å². The third-order valence-electron chi connectivity index (χ3n) is 3.87. The Morgan fingerprint density at radius 1 is 1.16 bits per heavy atom. The molecule has 122 valence electrons. The van der Waals surface area contributed by atoms with Crippen molar-refractivity contribution in [1.29, 1.82) is 0 Å². The van der Waals surface area contributed by atoms with Crippen LogP contribution in [0.3, 0.4) is 0 Å². The predicted molar refractivity (Wildman–Crippen MR) is 88.4 cm³/mol. The number of hydrogen-bond acceptors (Lipinski definition) is 6. The first kappa shape index (κ1) is 14.8. The van der Waals surface area contributed by atoms with E-state index in [1.165, 1.54) is 18.2 Å². The zero-order valence-corrected chi connectivity index (χ0v) is 12.5. The van der Waals surface area contributed by atoms with Gasteiger partial charge in [0.25, 0.3) is 11.4 Å². The fraction of sp³-hybridized carbons (Fsp3) is 0. The molecule has 2 aromatic heterocycles. The number of carboxylic acid groups (broad SMARTS) is 1. The maximum atomic E-state index is 11.9. The Labute approximate surface area is 139 Å². The summed E-state index contributed by atoms with van der Waals surface area (Å²) < 4.78 is 5.22. The number of nitro groups is 1. The van der Waals surface area contributed by atoms with Crippen LogP contribution in [0.1, 0.15) is 10.4 Å². The van der Waals surface area contributed by atoms with E-state index in [9.17, 15) is 20.0 Å². The molecule has 0 atom stereocenters. The van der Waals surface area contributed by atoms with Gasteiger partial charge in [0, 0.05) is 23.1 Å². The molecule has 0 aliphatic heterocycles. The molecular formula is C17H9N3O5. The first-order valence-electron chi connectivity index (χ1n) is 7.22. The summed E-state index contributed by atoms with van der Waals surface area (Å²) in [5.41, 5.74) is 1.01. The molecular weight excluding hydrogens is 326 g/mol. The maximum Gasteiger partial charge on any atom is 0.337 e. The molecule has 0 aliphatic rings. The van der Waals surface area contributed by atoms with E-state index in [-0.39, 0.29) is 33.3 Å². The van der Waals surface area contributed by atoms with Crippen molar-refractivity contribution in [3.05, 3.63) is 64.2 Å². The van der Waals surface area contributed by atoms with Crippen molar-refractivity contribution in [3.63, 3.8) is 0 Å². The molecule has 0 bridgehead atoms. The number of carbonyl (C=O) groups is 1. The highest BCUT2D eigenvalue weighted by Crippen LogP contribution is 2.34. The Morgan fingerprint density at radius 2 is 1.92 bits per heavy atom. The van der Waals surface area contributed by atoms with Crippen LogP contribution in [0.25, 0.3) is 33.3 Å². The predicted octanol–water partition coefficient (Wildman–Crippen LogP) is 3.65. The third-order valence-corrected chi connectivity index (χ3v) is 3.87. The molecule has 1 N–H and O–H groups in total. The van der Waals surface area contributed by atoms with Crippen molar-refractivity contribution >= 4 is 33.7 Å². The van der Waals surface area contributed by atoms with Crippen LogP contribution in [-0.4, -0.2) is 26.1 Å². The average Bonchev–Trinajstić information content (AvgIpc) is 3.02. The number of hydrogen-bond donors (Lipinski definition) is 1. The number of pyridine rings is 1. The second-order valence-electron chi connectivity index (χ2n) is 5.33. The number of aromatic nitrogens is 2. The van der Waals surface area contributed by atoms with Gasteiger partial charge in [-0.2, -0.15) is 0 Å². The number of non-ortho nitro benzene ring substituents is 1. The largest absolute Gasteiger partial charge is 0.478 e. The summed E-state index contributed by atoms with van der Waals surface area (Å²) in [6, 6.07) is 12.8. The van der Waals surface area contributed by atoms with Gasteiger partial charge in [-0.15, -0.1) is 0 Å². The second kappa shape index (κ2) is 5.38. The van der Waals surface area contributed by atoms with E-state index >= 15 is 0 Å². The van der Waals surface area contributed by atoms with Crippen LogP contribution in [0.2, 0.25) is 0 Å². The minimum absolute atomic E-state index is 0.0672. The van der Waals surface area contributed by atoms with Gasteiger partial charge in [-0.3, -0.25) is 10.1 Å². The Morgan fingerprint density at radius 3 is 2.60 bits per heavy atom. The minimum Gasteiger partial charge on any atom is -0.478 e. The van der Waals surface area contributed by atoms with Crippen LogP contribution in [0.4, 0.5) is 5.69 Å². The van der Waals surface area contributed by atoms with E-state index in [0.29, 0.717) is 11.3 Å². The number of carboxylic acids is 1. The standard InChI is InChI=1S/C17H9N3O5/c21-17(22)13-11-8-10(20(23)24)6-7-12(11)18-16-14(13)15(19-25-16)9-4-2-1-3-5-9/h1-8H,(H,21,22). The van der Waals surface area contributed by atoms with Crippen molar-refractivity contribution in [1.82, 2.24) is 10.1 Å². The fourth-order valence-electron chi connectivity index (χ4n) is 2.78. The van der Waals surface area contributed by atoms with E-state index in [2.05, 4.69) is 10.1 Å². The van der Waals surface area contributed by atoms with Gasteiger partial charge in [-0.1, -0.05) is 35.5 Å². The molecule has 0 aliphatic carbocycles. The maximum absolute atomic E-state index is 11.9. The van der Waals surface area contributed by atoms with E-state index in [4.69, 9.17) is 4.52 Å². The van der Waals surface area contributed by atoms with Gasteiger partial charge in [0.15, 0.2) is 0 Å². The molecule has 2 aromatic carbocycles. The van der Waals surface area contributed by atoms with Crippen molar-refractivity contribution < 1.29 is 19.3 Å². The van der Waals surface area contributed by atoms with Gasteiger partial charge in [-0.05, 0) is 6.07 Å². The summed E-state index contributed by atoms with van der Waals surface area (Å²) in [7, 11) is 0. The lowest BCUT2D eigenvalue weighted by Crippen LogP contribution is -2.01. The molecule has 0 radical (unpaired) electrons. The van der Waals surface area contributed by atoms with Crippen LogP contribution in [0.5, 0.6) is 0 Å². The molecule has 0 saturated carbocycles. The number of fused-ring (bicyclic) bond motifs is 2. The van der Waals surface area contributed by atoms with E-state index in [1.807, 2.05) is 6.07 Å². The molecule has 8 heteroatoms. The van der Waals surface area contributed by atoms with E-state index in [0.717, 1.165) is 0 Å². The third kappa shape index (κ3) is 2.27. The number of rotatable bonds is 3. The molecule has 4 aromatic rings. The Kier molecular flexibility index (Phi) is 3.17. The lowest BCUT2D eigenvalue weighted by Gasteiger charge is -2.04. The van der Waals surface area contributed by atoms with Crippen LogP contribution < -0.4 is 0 Å². The average molecular weight is 335 g/mol. The second-order valence-corrected chi connectivity index (χ2v) is 5.33. The summed E-state index contributed by atoms with van der Waals surface area (Å²) in [5, 5.41) is 25.1. The van der Waals surface area contributed by atoms with Gasteiger partial charge >= 0.3 is 5.97 Å². The van der Waals surface area contributed by atoms with Crippen LogP contribution in [0, 0.1) is 10.1 Å². The zero-order chi connectivity index (χ0) is 17.6. The van der Waals surface area contributed by atoms with Crippen LogP contribution in [0.15, 0.2) is 53.1 Å². The first-order valence-corrected chi connectivity index (χ1v) is 7.22. The topological polar surface area (TPSA) is 119 Å². The van der Waals surface area contributed by atoms with Gasteiger partial charge in [0.05, 0.1) is 21.4 Å². The molecule has 2 heterocycles. The van der Waals surface area contributed by atoms with Crippen molar-refractivity contribution in [3.8, 4) is 11.3 Å². The number of aromatic carboxylic acids is 1. The van der Waals surface area contributed by atoms with Crippen molar-refractivity contribution in [2.75, 3.05) is 0 Å². The highest BCUT2D eigenvalue weighted by Gasteiger charge is 2.24. The molecule has 0 fully saturated rings. The number of nitrogens with zero attached hydrogens (tertiary/aromatic N) is 3. The highest BCUT2D eigenvalue weighted by molar-refractivity contribution is 6.16. The molecule has 0 spiro atoms. The Balaban J connectivity index is 2.15. The summed E-state index contributed by atoms with van der Waals surface area (Å²) in [4.78, 5) is 26.6. The molecule has 0 saturated heterocycles. The van der Waals surface area contributed by atoms with Gasteiger partial charge in [0.1, 0.15) is 5.69 Å². The molecule has 8 nitrogen and oxygen atoms in total. The zero-order valence-electron chi connectivity index (χ0n) is 12.5. The Hall–Kier alpha value is -3.81. The lowest BCUT2D eigenvalue weighted by molar-refractivity contribution is -0.384. The summed E-state index contributed by atoms with van der Waals surface area (Å²) in [6.45, 7) is 0. The highest BCUT2D eigenvalue weighted by atomic mass is 16.6. The molecule has 25 heavy (non-hydrogen) atoms. The summed E-state index contributed by atoms with van der Waals surface area (Å²) in [6.07, 6.45) is 0. The first-order chi connectivity index (χ1) is 12.1. The number of benzene rings is 2. The lowest BCUT2D eigenvalue weighted by atomic mass is 10.0. The van der Waals surface area contributed by atoms with Crippen molar-refractivity contribution in [2.24, 2.45) is 0 Å². The van der Waals surface area contributed by atoms with Crippen LogP contribution >= 0.6 is 0 Å². The molecule has 0 amide bonds. The molecule has 4 rings (SSSR count). The van der Waals surface area contributed by atoms with Gasteiger partial charge < -0.3 is 9.63 Å². The van der Waals surface area contributed by atoms with Crippen LogP contribution in [-0.2, 0) is 0 Å². The quantitative estimate of drug-likeness (QED) is 0.448. The Bertz CT molecular complexity index is 1150. The van der Waals surface area contributed by atoms with Crippen molar-refractivity contribution in [2.45, 2.75) is 0 Å². The molecule has 0 unspecified atom stereocenters. The fourth-order valence-corrected chi connectivity index (χ4v) is 2.78. The van der Waals surface area contributed by atoms with Gasteiger partial charge in [0.2, 0.25) is 0 Å². The smallest absolute Gasteiger partial charge is 0.337 e. The number of nitro benzene ring substituents is 1. The van der Waals surface area contributed by atoms with Gasteiger partial charge in [-0.25, -0.2) is 9.78 Å². The van der Waals surface area contributed by atoms with E-state index in [1.54, 1.807) is 24.3 Å². The monoisotopic (exact) mass is 335 g/mol. The SMILES string of the molecule is O=C(O)c1c2cc([N+](=O)[O-])ccc2nc2onc(-c3ccccc3)c12. The summed E-state index contributed by atoms with van der Waals surface area (Å²) in [5.74, 6) is -1.24.